The van der Waals surface area contributed by atoms with Crippen LogP contribution < -0.4 is 5.32 Å². The molecule has 0 aliphatic heterocycles. The molecule has 1 heterocycles. The number of aromatic nitrogens is 1. The highest BCUT2D eigenvalue weighted by Gasteiger charge is 2.28. The van der Waals surface area contributed by atoms with E-state index in [0.717, 1.165) is 5.01 Å². The van der Waals surface area contributed by atoms with E-state index in [9.17, 15) is 9.59 Å². The lowest BCUT2D eigenvalue weighted by Gasteiger charge is -2.14. The topological polar surface area (TPSA) is 77.5 Å². The predicted octanol–water partition coefficient (Wildman–Crippen LogP) is 5.57. The van der Waals surface area contributed by atoms with Crippen molar-refractivity contribution in [2.24, 2.45) is 0 Å². The Morgan fingerprint density at radius 2 is 1.73 bits per heavy atom. The number of thiazole rings is 1. The monoisotopic (exact) mass is 462 g/mol. The number of amides is 1. The summed E-state index contributed by atoms with van der Waals surface area (Å²) >= 11 is 1.30. The van der Waals surface area contributed by atoms with Crippen molar-refractivity contribution >= 4 is 29.5 Å². The summed E-state index contributed by atoms with van der Waals surface area (Å²) in [6.07, 6.45) is 3.95. The third-order valence-corrected chi connectivity index (χ3v) is 6.56. The van der Waals surface area contributed by atoms with Gasteiger partial charge in [0.05, 0.1) is 12.3 Å². The second-order valence-electron chi connectivity index (χ2n) is 7.63. The zero-order valence-electron chi connectivity index (χ0n) is 18.7. The van der Waals surface area contributed by atoms with Crippen molar-refractivity contribution < 1.29 is 19.1 Å². The first-order chi connectivity index (χ1) is 16.1. The largest absolute Gasteiger partial charge is 0.462 e. The van der Waals surface area contributed by atoms with E-state index in [2.05, 4.69) is 34.6 Å². The molecule has 0 bridgehead atoms. The van der Waals surface area contributed by atoms with Gasteiger partial charge in [-0.05, 0) is 48.6 Å². The van der Waals surface area contributed by atoms with E-state index >= 15 is 0 Å². The van der Waals surface area contributed by atoms with Crippen LogP contribution in [0.1, 0.15) is 50.8 Å². The fourth-order valence-electron chi connectivity index (χ4n) is 3.97. The van der Waals surface area contributed by atoms with Gasteiger partial charge in [0, 0.05) is 12.5 Å². The number of carbonyl (C=O) groups is 2. The molecule has 2 aromatic carbocycles. The number of aryl methyl sites for hydroxylation is 1. The summed E-state index contributed by atoms with van der Waals surface area (Å²) in [7, 11) is 0. The van der Waals surface area contributed by atoms with Gasteiger partial charge in [0.1, 0.15) is 16.5 Å². The van der Waals surface area contributed by atoms with Crippen molar-refractivity contribution in [2.75, 3.05) is 19.8 Å². The number of esters is 1. The Morgan fingerprint density at radius 3 is 2.39 bits per heavy atom. The van der Waals surface area contributed by atoms with Crippen molar-refractivity contribution in [3.63, 3.8) is 0 Å². The summed E-state index contributed by atoms with van der Waals surface area (Å²) in [5.74, 6) is -0.297. The highest BCUT2D eigenvalue weighted by atomic mass is 32.1. The summed E-state index contributed by atoms with van der Waals surface area (Å²) in [5.41, 5.74) is 5.45. The predicted molar refractivity (Wildman–Crippen MR) is 130 cm³/mol. The van der Waals surface area contributed by atoms with Crippen LogP contribution in [-0.4, -0.2) is 36.8 Å². The molecular weight excluding hydrogens is 436 g/mol. The summed E-state index contributed by atoms with van der Waals surface area (Å²) in [6, 6.07) is 16.5. The molecule has 170 valence electrons. The molecule has 33 heavy (non-hydrogen) atoms. The Labute approximate surface area is 197 Å². The van der Waals surface area contributed by atoms with Crippen molar-refractivity contribution in [1.29, 1.82) is 0 Å². The van der Waals surface area contributed by atoms with Crippen LogP contribution in [0.3, 0.4) is 0 Å². The molecule has 1 aromatic heterocycles. The van der Waals surface area contributed by atoms with Gasteiger partial charge in [0.25, 0.3) is 0 Å². The summed E-state index contributed by atoms with van der Waals surface area (Å²) < 4.78 is 10.6. The lowest BCUT2D eigenvalue weighted by molar-refractivity contribution is 0.0531. The van der Waals surface area contributed by atoms with Crippen molar-refractivity contribution in [3.05, 3.63) is 81.3 Å². The number of nitrogens with zero attached hydrogens (tertiary/aromatic N) is 1. The van der Waals surface area contributed by atoms with Crippen molar-refractivity contribution in [1.82, 2.24) is 10.3 Å². The zero-order chi connectivity index (χ0) is 23.2. The number of rotatable bonds is 8. The lowest BCUT2D eigenvalue weighted by atomic mass is 9.98. The molecule has 1 amide bonds. The van der Waals surface area contributed by atoms with Crippen LogP contribution >= 0.6 is 11.3 Å². The van der Waals surface area contributed by atoms with Gasteiger partial charge < -0.3 is 14.8 Å². The molecule has 0 radical (unpaired) electrons. The third kappa shape index (κ3) is 5.14. The van der Waals surface area contributed by atoms with Crippen LogP contribution in [0.2, 0.25) is 0 Å². The van der Waals surface area contributed by atoms with Crippen LogP contribution in [0.25, 0.3) is 17.2 Å². The normalized spacial score (nSPS) is 12.4. The van der Waals surface area contributed by atoms with E-state index in [1.807, 2.05) is 36.4 Å². The van der Waals surface area contributed by atoms with Crippen LogP contribution in [0.4, 0.5) is 4.79 Å². The van der Waals surface area contributed by atoms with Crippen LogP contribution in [-0.2, 0) is 9.47 Å². The van der Waals surface area contributed by atoms with Gasteiger partial charge in [-0.25, -0.2) is 14.6 Å². The first-order valence-corrected chi connectivity index (χ1v) is 11.8. The SMILES string of the molecule is CCOC(=O)c1sc(C=CCCNC(=O)OCC2c3ccccc3-c3ccccc32)nc1C. The van der Waals surface area contributed by atoms with Gasteiger partial charge in [-0.15, -0.1) is 11.3 Å². The molecule has 0 atom stereocenters. The van der Waals surface area contributed by atoms with Gasteiger partial charge in [-0.2, -0.15) is 0 Å². The number of hydrogen-bond donors (Lipinski definition) is 1. The molecule has 0 unspecified atom stereocenters. The Kier molecular flexibility index (Phi) is 7.19. The van der Waals surface area contributed by atoms with E-state index < -0.39 is 6.09 Å². The second kappa shape index (κ2) is 10.4. The molecule has 0 saturated heterocycles. The summed E-state index contributed by atoms with van der Waals surface area (Å²) in [6.45, 7) is 4.65. The third-order valence-electron chi connectivity index (χ3n) is 5.46. The molecule has 0 saturated carbocycles. The number of fused-ring (bicyclic) bond motifs is 3. The summed E-state index contributed by atoms with van der Waals surface area (Å²) in [4.78, 5) is 29.0. The molecule has 1 aliphatic rings. The number of ether oxygens (including phenoxy) is 2. The molecule has 4 rings (SSSR count). The lowest BCUT2D eigenvalue weighted by Crippen LogP contribution is -2.26. The maximum Gasteiger partial charge on any atom is 0.407 e. The molecule has 1 aliphatic carbocycles. The maximum absolute atomic E-state index is 12.2. The molecule has 1 N–H and O–H groups in total. The molecule has 7 heteroatoms. The van der Waals surface area contributed by atoms with Crippen LogP contribution in [0, 0.1) is 6.92 Å². The van der Waals surface area contributed by atoms with Crippen molar-refractivity contribution in [2.45, 2.75) is 26.2 Å². The van der Waals surface area contributed by atoms with Crippen molar-refractivity contribution in [3.8, 4) is 11.1 Å². The first-order valence-electron chi connectivity index (χ1n) is 11.0. The minimum atomic E-state index is -0.431. The van der Waals surface area contributed by atoms with E-state index in [4.69, 9.17) is 9.47 Å². The van der Waals surface area contributed by atoms with Gasteiger partial charge in [0.15, 0.2) is 0 Å². The smallest absolute Gasteiger partial charge is 0.407 e. The van der Waals surface area contributed by atoms with Crippen LogP contribution in [0.15, 0.2) is 54.6 Å². The fourth-order valence-corrected chi connectivity index (χ4v) is 4.86. The second-order valence-corrected chi connectivity index (χ2v) is 8.66. The number of hydrogen-bond acceptors (Lipinski definition) is 6. The standard InChI is InChI=1S/C26H26N2O4S/c1-3-31-25(29)24-17(2)28-23(33-24)14-8-9-15-27-26(30)32-16-22-20-12-6-4-10-18(20)19-11-5-7-13-21(19)22/h4-8,10-14,22H,3,9,15-16H2,1-2H3,(H,27,30). The first kappa shape index (κ1) is 22.7. The van der Waals surface area contributed by atoms with Gasteiger partial charge in [-0.1, -0.05) is 54.6 Å². The molecule has 3 aromatic rings. The maximum atomic E-state index is 12.2. The average Bonchev–Trinajstić information content (AvgIpc) is 3.35. The Balaban J connectivity index is 1.25. The molecule has 6 nitrogen and oxygen atoms in total. The molecular formula is C26H26N2O4S. The number of nitrogens with one attached hydrogen (secondary N) is 1. The highest BCUT2D eigenvalue weighted by Crippen LogP contribution is 2.44. The summed E-state index contributed by atoms with van der Waals surface area (Å²) in [5, 5.41) is 3.52. The fraction of sp³-hybridized carbons (Fsp3) is 0.269. The quantitative estimate of drug-likeness (QED) is 0.350. The highest BCUT2D eigenvalue weighted by molar-refractivity contribution is 7.14. The Morgan fingerprint density at radius 1 is 1.06 bits per heavy atom. The number of alkyl carbamates (subject to hydrolysis) is 1. The zero-order valence-corrected chi connectivity index (χ0v) is 19.5. The molecule has 0 fully saturated rings. The van der Waals surface area contributed by atoms with E-state index in [1.54, 1.807) is 13.8 Å². The minimum Gasteiger partial charge on any atom is -0.462 e. The number of carbonyl (C=O) groups excluding carboxylic acids is 2. The van der Waals surface area contributed by atoms with E-state index in [-0.39, 0.29) is 11.9 Å². The Bertz CT molecular complexity index is 1140. The van der Waals surface area contributed by atoms with E-state index in [1.165, 1.54) is 33.6 Å². The van der Waals surface area contributed by atoms with Crippen LogP contribution in [0.5, 0.6) is 0 Å². The van der Waals surface area contributed by atoms with Gasteiger partial charge >= 0.3 is 12.1 Å². The van der Waals surface area contributed by atoms with Gasteiger partial charge in [-0.3, -0.25) is 0 Å². The minimum absolute atomic E-state index is 0.0461. The number of benzene rings is 2. The van der Waals surface area contributed by atoms with Gasteiger partial charge in [0.2, 0.25) is 0 Å². The van der Waals surface area contributed by atoms with E-state index in [0.29, 0.717) is 36.8 Å². The average molecular weight is 463 g/mol. The molecule has 0 spiro atoms. The Hall–Kier alpha value is -3.45.